The van der Waals surface area contributed by atoms with Crippen molar-refractivity contribution in [3.63, 3.8) is 0 Å². The average molecular weight is 422 g/mol. The Kier molecular flexibility index (Phi) is 6.69. The number of carbonyl (C=O) groups excluding carboxylic acids is 2. The molecule has 0 amide bonds. The monoisotopic (exact) mass is 421 g/mol. The van der Waals surface area contributed by atoms with Crippen LogP contribution >= 0.6 is 11.3 Å². The molecular formula is C20H27N3O5S. The zero-order valence-corrected chi connectivity index (χ0v) is 18.1. The molecule has 0 aliphatic carbocycles. The predicted octanol–water partition coefficient (Wildman–Crippen LogP) is 2.81. The average Bonchev–Trinajstić information content (AvgIpc) is 3.05. The number of fused-ring (bicyclic) bond motifs is 1. The molecule has 2 aromatic rings. The predicted molar refractivity (Wildman–Crippen MR) is 110 cm³/mol. The summed E-state index contributed by atoms with van der Waals surface area (Å²) in [5.41, 5.74) is 0.356. The van der Waals surface area contributed by atoms with Crippen LogP contribution in [0.5, 0.6) is 0 Å². The van der Waals surface area contributed by atoms with Crippen LogP contribution in [0.25, 0.3) is 10.2 Å². The zero-order valence-electron chi connectivity index (χ0n) is 17.2. The van der Waals surface area contributed by atoms with Crippen LogP contribution in [0, 0.1) is 12.8 Å². The van der Waals surface area contributed by atoms with Crippen molar-refractivity contribution in [2.75, 3.05) is 26.3 Å². The van der Waals surface area contributed by atoms with Gasteiger partial charge in [-0.3, -0.25) is 14.5 Å². The van der Waals surface area contributed by atoms with E-state index in [4.69, 9.17) is 9.47 Å². The van der Waals surface area contributed by atoms with Gasteiger partial charge in [0.05, 0.1) is 30.6 Å². The minimum absolute atomic E-state index is 0.0695. The summed E-state index contributed by atoms with van der Waals surface area (Å²) in [6.07, 6.45) is 1.45. The number of esters is 2. The first kappa shape index (κ1) is 21.4. The van der Waals surface area contributed by atoms with Crippen molar-refractivity contribution in [2.45, 2.75) is 46.6 Å². The van der Waals surface area contributed by atoms with Crippen molar-refractivity contribution in [3.8, 4) is 0 Å². The van der Waals surface area contributed by atoms with Gasteiger partial charge < -0.3 is 14.5 Å². The Bertz CT molecular complexity index is 959. The molecule has 2 aromatic heterocycles. The lowest BCUT2D eigenvalue weighted by molar-refractivity contribution is -0.149. The molecule has 3 heterocycles. The second kappa shape index (κ2) is 9.04. The molecule has 0 unspecified atom stereocenters. The maximum Gasteiger partial charge on any atom is 0.348 e. The first-order chi connectivity index (χ1) is 13.9. The van der Waals surface area contributed by atoms with Crippen LogP contribution in [0.1, 0.15) is 60.7 Å². The Morgan fingerprint density at radius 1 is 1.24 bits per heavy atom. The highest BCUT2D eigenvalue weighted by Crippen LogP contribution is 2.30. The number of carbonyl (C=O) groups is 2. The fourth-order valence-corrected chi connectivity index (χ4v) is 4.79. The van der Waals surface area contributed by atoms with Gasteiger partial charge in [0.25, 0.3) is 5.56 Å². The van der Waals surface area contributed by atoms with Gasteiger partial charge in [-0.25, -0.2) is 9.78 Å². The standard InChI is InChI=1S/C20H27N3O5S/c1-5-27-19(25)13-7-9-23(10-8-13)12(4)16-21-17(24)14-11(3)15(20(26)28-6-2)29-18(14)22-16/h12-13H,5-10H2,1-4H3,(H,21,22,24)/t12-/m1/s1. The maximum atomic E-state index is 12.7. The van der Waals surface area contributed by atoms with Crippen molar-refractivity contribution in [1.29, 1.82) is 0 Å². The number of hydrogen-bond acceptors (Lipinski definition) is 8. The van der Waals surface area contributed by atoms with Gasteiger partial charge in [-0.05, 0) is 59.2 Å². The minimum atomic E-state index is -0.428. The number of piperidine rings is 1. The molecule has 9 heteroatoms. The fraction of sp³-hybridized carbons (Fsp3) is 0.600. The second-order valence-corrected chi connectivity index (χ2v) is 8.15. The van der Waals surface area contributed by atoms with Gasteiger partial charge in [0.2, 0.25) is 0 Å². The van der Waals surface area contributed by atoms with E-state index in [2.05, 4.69) is 14.9 Å². The zero-order chi connectivity index (χ0) is 21.1. The normalized spacial score (nSPS) is 16.7. The number of nitrogens with zero attached hydrogens (tertiary/aromatic N) is 2. The molecule has 0 aromatic carbocycles. The third-order valence-electron chi connectivity index (χ3n) is 5.37. The van der Waals surface area contributed by atoms with E-state index in [-0.39, 0.29) is 30.1 Å². The summed E-state index contributed by atoms with van der Waals surface area (Å²) < 4.78 is 10.2. The topological polar surface area (TPSA) is 102 Å². The molecule has 0 spiro atoms. The van der Waals surface area contributed by atoms with Crippen molar-refractivity contribution < 1.29 is 19.1 Å². The number of hydrogen-bond donors (Lipinski definition) is 1. The van der Waals surface area contributed by atoms with E-state index in [9.17, 15) is 14.4 Å². The van der Waals surface area contributed by atoms with Crippen LogP contribution in [-0.2, 0) is 14.3 Å². The smallest absolute Gasteiger partial charge is 0.348 e. The molecule has 1 N–H and O–H groups in total. The number of likely N-dealkylation sites (tertiary alicyclic amines) is 1. The molecule has 8 nitrogen and oxygen atoms in total. The fourth-order valence-electron chi connectivity index (χ4n) is 3.71. The summed E-state index contributed by atoms with van der Waals surface area (Å²) in [5, 5.41) is 0.440. The number of rotatable bonds is 6. The van der Waals surface area contributed by atoms with Gasteiger partial charge in [-0.15, -0.1) is 11.3 Å². The van der Waals surface area contributed by atoms with Gasteiger partial charge in [0.15, 0.2) is 0 Å². The van der Waals surface area contributed by atoms with Gasteiger partial charge in [0.1, 0.15) is 15.5 Å². The lowest BCUT2D eigenvalue weighted by atomic mass is 9.96. The van der Waals surface area contributed by atoms with Crippen LogP contribution in [-0.4, -0.2) is 53.1 Å². The largest absolute Gasteiger partial charge is 0.466 e. The SMILES string of the molecule is CCOC(=O)c1sc2nc([C@@H](C)N3CCC(C(=O)OCC)CC3)[nH]c(=O)c2c1C. The Labute approximate surface area is 173 Å². The Balaban J connectivity index is 1.80. The molecule has 1 aliphatic heterocycles. The number of nitrogens with one attached hydrogen (secondary N) is 1. The van der Waals surface area contributed by atoms with E-state index in [1.165, 1.54) is 11.3 Å². The van der Waals surface area contributed by atoms with Gasteiger partial charge in [-0.2, -0.15) is 0 Å². The van der Waals surface area contributed by atoms with E-state index >= 15 is 0 Å². The molecule has 1 saturated heterocycles. The lowest BCUT2D eigenvalue weighted by Gasteiger charge is -2.34. The van der Waals surface area contributed by atoms with Crippen LogP contribution in [0.2, 0.25) is 0 Å². The second-order valence-electron chi connectivity index (χ2n) is 7.15. The van der Waals surface area contributed by atoms with E-state index in [0.717, 1.165) is 25.9 Å². The van der Waals surface area contributed by atoms with Crippen LogP contribution in [0.15, 0.2) is 4.79 Å². The summed E-state index contributed by atoms with van der Waals surface area (Å²) >= 11 is 1.19. The van der Waals surface area contributed by atoms with Crippen molar-refractivity contribution in [2.24, 2.45) is 5.92 Å². The Morgan fingerprint density at radius 3 is 2.52 bits per heavy atom. The van der Waals surface area contributed by atoms with Crippen LogP contribution < -0.4 is 5.56 Å². The summed E-state index contributed by atoms with van der Waals surface area (Å²) in [6, 6.07) is -0.108. The summed E-state index contributed by atoms with van der Waals surface area (Å²) in [6.45, 7) is 9.42. The first-order valence-corrected chi connectivity index (χ1v) is 10.8. The minimum Gasteiger partial charge on any atom is -0.466 e. The summed E-state index contributed by atoms with van der Waals surface area (Å²) in [4.78, 5) is 47.5. The van der Waals surface area contributed by atoms with E-state index < -0.39 is 5.97 Å². The first-order valence-electron chi connectivity index (χ1n) is 9.98. The van der Waals surface area contributed by atoms with E-state index in [1.54, 1.807) is 13.8 Å². The van der Waals surface area contributed by atoms with Gasteiger partial charge in [0, 0.05) is 0 Å². The van der Waals surface area contributed by atoms with Crippen molar-refractivity contribution >= 4 is 33.5 Å². The van der Waals surface area contributed by atoms with Crippen molar-refractivity contribution in [1.82, 2.24) is 14.9 Å². The highest BCUT2D eigenvalue weighted by Gasteiger charge is 2.30. The summed E-state index contributed by atoms with van der Waals surface area (Å²) in [7, 11) is 0. The number of ether oxygens (including phenoxy) is 2. The molecule has 0 saturated carbocycles. The number of aryl methyl sites for hydroxylation is 1. The highest BCUT2D eigenvalue weighted by atomic mass is 32.1. The number of thiophene rings is 1. The van der Waals surface area contributed by atoms with Crippen LogP contribution in [0.4, 0.5) is 0 Å². The molecular weight excluding hydrogens is 394 g/mol. The number of aromatic amines is 1. The third kappa shape index (κ3) is 4.35. The molecule has 1 atom stereocenters. The van der Waals surface area contributed by atoms with E-state index in [0.29, 0.717) is 33.1 Å². The molecule has 1 fully saturated rings. The molecule has 0 radical (unpaired) electrons. The maximum absolute atomic E-state index is 12.7. The number of aromatic nitrogens is 2. The summed E-state index contributed by atoms with van der Waals surface area (Å²) in [5.74, 6) is -0.0648. The Morgan fingerprint density at radius 2 is 1.90 bits per heavy atom. The molecule has 158 valence electrons. The van der Waals surface area contributed by atoms with Crippen molar-refractivity contribution in [3.05, 3.63) is 26.6 Å². The third-order valence-corrected chi connectivity index (χ3v) is 6.54. The van der Waals surface area contributed by atoms with Gasteiger partial charge in [-0.1, -0.05) is 0 Å². The van der Waals surface area contributed by atoms with Crippen LogP contribution in [0.3, 0.4) is 0 Å². The molecule has 3 rings (SSSR count). The molecule has 1 aliphatic rings. The van der Waals surface area contributed by atoms with Gasteiger partial charge >= 0.3 is 11.9 Å². The molecule has 29 heavy (non-hydrogen) atoms. The van der Waals surface area contributed by atoms with E-state index in [1.807, 2.05) is 13.8 Å². The highest BCUT2D eigenvalue weighted by molar-refractivity contribution is 7.20. The molecule has 0 bridgehead atoms. The lowest BCUT2D eigenvalue weighted by Crippen LogP contribution is -2.39. The number of H-pyrrole nitrogens is 1. The Hall–Kier alpha value is -2.26. The quantitative estimate of drug-likeness (QED) is 0.716.